The van der Waals surface area contributed by atoms with E-state index in [4.69, 9.17) is 21.1 Å². The normalized spacial score (nSPS) is 24.9. The zero-order valence-corrected chi connectivity index (χ0v) is 12.8. The Bertz CT molecular complexity index is 448. The molecule has 0 heterocycles. The maximum Gasteiger partial charge on any atom is 0.124 e. The Labute approximate surface area is 120 Å². The van der Waals surface area contributed by atoms with Crippen LogP contribution in [0.3, 0.4) is 0 Å². The molecule has 0 spiro atoms. The molecule has 0 saturated heterocycles. The van der Waals surface area contributed by atoms with E-state index in [1.54, 1.807) is 14.2 Å². The standard InChI is InChI=1S/C15H22ClNO2/c1-15(2)13(8-14(15)19-4)17-9-10-11(16)6-5-7-12(10)18-3/h5-7,13-14,17H,8-9H2,1-4H3. The topological polar surface area (TPSA) is 30.5 Å². The van der Waals surface area contributed by atoms with Gasteiger partial charge in [-0.25, -0.2) is 0 Å². The monoisotopic (exact) mass is 283 g/mol. The maximum absolute atomic E-state index is 6.24. The lowest BCUT2D eigenvalue weighted by molar-refractivity contribution is -0.0979. The van der Waals surface area contributed by atoms with Crippen molar-refractivity contribution in [1.82, 2.24) is 5.32 Å². The molecule has 2 rings (SSSR count). The van der Waals surface area contributed by atoms with Crippen LogP contribution in [-0.4, -0.2) is 26.4 Å². The third-order valence-corrected chi connectivity index (χ3v) is 4.64. The van der Waals surface area contributed by atoms with Crippen molar-refractivity contribution < 1.29 is 9.47 Å². The molecule has 19 heavy (non-hydrogen) atoms. The van der Waals surface area contributed by atoms with Crippen molar-refractivity contribution in [2.45, 2.75) is 39.0 Å². The SMILES string of the molecule is COc1cccc(Cl)c1CNC1CC(OC)C1(C)C. The number of halogens is 1. The van der Waals surface area contributed by atoms with Crippen molar-refractivity contribution >= 4 is 11.6 Å². The van der Waals surface area contributed by atoms with Crippen molar-refractivity contribution in [3.63, 3.8) is 0 Å². The van der Waals surface area contributed by atoms with E-state index < -0.39 is 0 Å². The van der Waals surface area contributed by atoms with Crippen molar-refractivity contribution in [2.75, 3.05) is 14.2 Å². The zero-order valence-electron chi connectivity index (χ0n) is 12.0. The average molecular weight is 284 g/mol. The molecule has 0 bridgehead atoms. The number of methoxy groups -OCH3 is 2. The lowest BCUT2D eigenvalue weighted by Gasteiger charge is -2.51. The van der Waals surface area contributed by atoms with Gasteiger partial charge in [0.15, 0.2) is 0 Å². The molecule has 3 nitrogen and oxygen atoms in total. The second-order valence-electron chi connectivity index (χ2n) is 5.64. The van der Waals surface area contributed by atoms with E-state index in [-0.39, 0.29) is 5.41 Å². The quantitative estimate of drug-likeness (QED) is 0.900. The fraction of sp³-hybridized carbons (Fsp3) is 0.600. The summed E-state index contributed by atoms with van der Waals surface area (Å²) in [6.45, 7) is 5.17. The second-order valence-corrected chi connectivity index (χ2v) is 6.04. The minimum absolute atomic E-state index is 0.156. The van der Waals surface area contributed by atoms with Crippen molar-refractivity contribution in [1.29, 1.82) is 0 Å². The van der Waals surface area contributed by atoms with Crippen LogP contribution in [0.2, 0.25) is 5.02 Å². The minimum atomic E-state index is 0.156. The smallest absolute Gasteiger partial charge is 0.124 e. The van der Waals surface area contributed by atoms with Crippen LogP contribution in [0, 0.1) is 5.41 Å². The number of hydrogen-bond acceptors (Lipinski definition) is 3. The first-order valence-corrected chi connectivity index (χ1v) is 6.96. The summed E-state index contributed by atoms with van der Waals surface area (Å²) < 4.78 is 10.8. The first-order chi connectivity index (χ1) is 9.00. The molecular formula is C15H22ClNO2. The summed E-state index contributed by atoms with van der Waals surface area (Å²) in [5, 5.41) is 4.30. The lowest BCUT2D eigenvalue weighted by Crippen LogP contribution is -2.60. The summed E-state index contributed by atoms with van der Waals surface area (Å²) in [5.41, 5.74) is 1.17. The highest BCUT2D eigenvalue weighted by Crippen LogP contribution is 2.42. The van der Waals surface area contributed by atoms with Gasteiger partial charge in [0, 0.05) is 35.7 Å². The number of nitrogens with one attached hydrogen (secondary N) is 1. The summed E-state index contributed by atoms with van der Waals surface area (Å²) in [6, 6.07) is 6.18. The van der Waals surface area contributed by atoms with Gasteiger partial charge in [0.05, 0.1) is 13.2 Å². The molecule has 0 amide bonds. The maximum atomic E-state index is 6.24. The minimum Gasteiger partial charge on any atom is -0.496 e. The molecule has 106 valence electrons. The van der Waals surface area contributed by atoms with E-state index in [0.717, 1.165) is 22.8 Å². The molecule has 1 aliphatic rings. The van der Waals surface area contributed by atoms with Gasteiger partial charge < -0.3 is 14.8 Å². The van der Waals surface area contributed by atoms with E-state index in [1.165, 1.54) is 0 Å². The van der Waals surface area contributed by atoms with Crippen LogP contribution < -0.4 is 10.1 Å². The van der Waals surface area contributed by atoms with E-state index in [1.807, 2.05) is 18.2 Å². The average Bonchev–Trinajstić information content (AvgIpc) is 2.39. The molecule has 1 saturated carbocycles. The summed E-state index contributed by atoms with van der Waals surface area (Å²) in [6.07, 6.45) is 1.37. The Hall–Kier alpha value is -0.770. The van der Waals surface area contributed by atoms with Gasteiger partial charge in [0.1, 0.15) is 5.75 Å². The van der Waals surface area contributed by atoms with Crippen LogP contribution in [0.25, 0.3) is 0 Å². The first-order valence-electron chi connectivity index (χ1n) is 6.58. The molecule has 2 unspecified atom stereocenters. The van der Waals surface area contributed by atoms with Gasteiger partial charge in [0.25, 0.3) is 0 Å². The zero-order chi connectivity index (χ0) is 14.0. The Kier molecular flexibility index (Phi) is 4.39. The molecule has 1 aliphatic carbocycles. The fourth-order valence-electron chi connectivity index (χ4n) is 2.76. The van der Waals surface area contributed by atoms with Gasteiger partial charge >= 0.3 is 0 Å². The Morgan fingerprint density at radius 2 is 2.11 bits per heavy atom. The van der Waals surface area contributed by atoms with Gasteiger partial charge in [-0.3, -0.25) is 0 Å². The molecule has 2 atom stereocenters. The van der Waals surface area contributed by atoms with Crippen molar-refractivity contribution in [3.05, 3.63) is 28.8 Å². The van der Waals surface area contributed by atoms with Crippen molar-refractivity contribution in [2.24, 2.45) is 5.41 Å². The molecular weight excluding hydrogens is 262 g/mol. The van der Waals surface area contributed by atoms with Gasteiger partial charge in [-0.05, 0) is 18.6 Å². The molecule has 4 heteroatoms. The summed E-state index contributed by atoms with van der Waals surface area (Å²) in [4.78, 5) is 0. The Morgan fingerprint density at radius 1 is 1.37 bits per heavy atom. The molecule has 1 N–H and O–H groups in total. The van der Waals surface area contributed by atoms with Crippen LogP contribution in [0.5, 0.6) is 5.75 Å². The van der Waals surface area contributed by atoms with E-state index in [0.29, 0.717) is 18.7 Å². The summed E-state index contributed by atoms with van der Waals surface area (Å²) in [5.74, 6) is 0.834. The largest absolute Gasteiger partial charge is 0.496 e. The van der Waals surface area contributed by atoms with Gasteiger partial charge in [0.2, 0.25) is 0 Å². The predicted octanol–water partition coefficient (Wildman–Crippen LogP) is 3.25. The van der Waals surface area contributed by atoms with Crippen LogP contribution in [0.4, 0.5) is 0 Å². The third-order valence-electron chi connectivity index (χ3n) is 4.28. The molecule has 1 aromatic rings. The first kappa shape index (κ1) is 14.6. The number of rotatable bonds is 5. The van der Waals surface area contributed by atoms with Crippen molar-refractivity contribution in [3.8, 4) is 5.75 Å². The van der Waals surface area contributed by atoms with E-state index in [9.17, 15) is 0 Å². The number of hydrogen-bond donors (Lipinski definition) is 1. The summed E-state index contributed by atoms with van der Waals surface area (Å²) in [7, 11) is 3.45. The third kappa shape index (κ3) is 2.73. The number of ether oxygens (including phenoxy) is 2. The molecule has 0 aliphatic heterocycles. The van der Waals surface area contributed by atoms with Crippen LogP contribution in [0.15, 0.2) is 18.2 Å². The molecule has 0 aromatic heterocycles. The highest BCUT2D eigenvalue weighted by molar-refractivity contribution is 6.31. The van der Waals surface area contributed by atoms with Gasteiger partial charge in [-0.1, -0.05) is 31.5 Å². The van der Waals surface area contributed by atoms with Crippen LogP contribution >= 0.6 is 11.6 Å². The van der Waals surface area contributed by atoms with E-state index >= 15 is 0 Å². The molecule has 1 fully saturated rings. The van der Waals surface area contributed by atoms with Gasteiger partial charge in [-0.2, -0.15) is 0 Å². The lowest BCUT2D eigenvalue weighted by atomic mass is 9.64. The highest BCUT2D eigenvalue weighted by atomic mass is 35.5. The summed E-state index contributed by atoms with van der Waals surface area (Å²) >= 11 is 6.24. The molecule has 0 radical (unpaired) electrons. The van der Waals surface area contributed by atoms with E-state index in [2.05, 4.69) is 19.2 Å². The Morgan fingerprint density at radius 3 is 2.68 bits per heavy atom. The second kappa shape index (κ2) is 5.70. The fourth-order valence-corrected chi connectivity index (χ4v) is 2.99. The number of benzene rings is 1. The van der Waals surface area contributed by atoms with Crippen LogP contribution in [0.1, 0.15) is 25.8 Å². The highest BCUT2D eigenvalue weighted by Gasteiger charge is 2.48. The Balaban J connectivity index is 2.01. The van der Waals surface area contributed by atoms with Gasteiger partial charge in [-0.15, -0.1) is 0 Å². The van der Waals surface area contributed by atoms with Crippen LogP contribution in [-0.2, 0) is 11.3 Å². The predicted molar refractivity (Wildman–Crippen MR) is 77.8 cm³/mol. The molecule has 1 aromatic carbocycles.